The number of hydrogen-bond donors (Lipinski definition) is 3. The number of aliphatic carboxylic acids is 4. The van der Waals surface area contributed by atoms with Gasteiger partial charge in [-0.15, -0.1) is 0 Å². The summed E-state index contributed by atoms with van der Waals surface area (Å²) in [5.74, 6) is -3.58. The maximum Gasteiger partial charge on any atom is 0.300 e. The molecule has 0 saturated heterocycles. The van der Waals surface area contributed by atoms with Gasteiger partial charge in [-0.2, -0.15) is 0 Å². The van der Waals surface area contributed by atoms with Crippen molar-refractivity contribution in [3.05, 3.63) is 0 Å². The molecular weight excluding hydrogens is 462 g/mol. The second-order valence-electron chi connectivity index (χ2n) is 2.05. The summed E-state index contributed by atoms with van der Waals surface area (Å²) in [5, 5.41) is 31.1. The van der Waals surface area contributed by atoms with E-state index in [2.05, 4.69) is 0 Å². The van der Waals surface area contributed by atoms with Crippen LogP contribution in [0.4, 0.5) is 0 Å². The van der Waals surface area contributed by atoms with E-state index < -0.39 is 23.9 Å². The largest absolute Gasteiger partial charge is 0.550 e. The molecule has 0 aliphatic rings. The average Bonchev–Trinajstić information content (AvgIpc) is 1.76. The normalized spacial score (nSPS) is 5.88. The van der Waals surface area contributed by atoms with Crippen LogP contribution in [-0.2, 0) is 19.2 Å². The van der Waals surface area contributed by atoms with Gasteiger partial charge < -0.3 is 25.2 Å². The molecule has 0 aromatic rings. The molecule has 0 rings (SSSR count). The summed E-state index contributed by atoms with van der Waals surface area (Å²) in [6, 6.07) is 0. The van der Waals surface area contributed by atoms with Gasteiger partial charge in [0.1, 0.15) is 0 Å². The smallest absolute Gasteiger partial charge is 0.300 e. The van der Waals surface area contributed by atoms with Crippen LogP contribution in [0.25, 0.3) is 0 Å². The van der Waals surface area contributed by atoms with E-state index in [1.807, 2.05) is 0 Å². The van der Waals surface area contributed by atoms with Crippen LogP contribution in [-0.4, -0.2) is 39.2 Å². The minimum atomic E-state index is -1.08. The minimum Gasteiger partial charge on any atom is -0.550 e. The van der Waals surface area contributed by atoms with Crippen LogP contribution in [0, 0.1) is 31.1 Å². The van der Waals surface area contributed by atoms with E-state index in [1.54, 1.807) is 0 Å². The van der Waals surface area contributed by atoms with Crippen molar-refractivity contribution < 1.29 is 70.7 Å². The van der Waals surface area contributed by atoms with Gasteiger partial charge in [0.25, 0.3) is 17.9 Å². The Hall–Kier alpha value is -1.07. The van der Waals surface area contributed by atoms with Crippen molar-refractivity contribution in [1.29, 1.82) is 0 Å². The fraction of sp³-hybridized carbons (Fsp3) is 0.500. The predicted molar refractivity (Wildman–Crippen MR) is 50.6 cm³/mol. The average molecular weight is 477 g/mol. The predicted octanol–water partition coefficient (Wildman–Crippen LogP) is -0.971. The van der Waals surface area contributed by atoms with Crippen molar-refractivity contribution >= 4 is 23.9 Å². The first kappa shape index (κ1) is 29.7. The molecule has 0 fully saturated rings. The van der Waals surface area contributed by atoms with Crippen molar-refractivity contribution in [2.75, 3.05) is 0 Å². The Morgan fingerprint density at radius 2 is 0.706 bits per heavy atom. The third-order valence-electron chi connectivity index (χ3n) is 0. The molecule has 0 unspecified atom stereocenters. The molecule has 0 atom stereocenters. The monoisotopic (exact) mass is 477 g/mol. The summed E-state index contributed by atoms with van der Waals surface area (Å²) in [6.07, 6.45) is 0. The van der Waals surface area contributed by atoms with Crippen molar-refractivity contribution in [2.24, 2.45) is 0 Å². The Balaban J connectivity index is -0.0000000369. The topological polar surface area (TPSA) is 152 Å². The summed E-state index contributed by atoms with van der Waals surface area (Å²) in [5.41, 5.74) is 0. The van der Waals surface area contributed by atoms with Gasteiger partial charge in [-0.25, -0.2) is 0 Å². The second kappa shape index (κ2) is 24.3. The minimum absolute atomic E-state index is 0. The van der Waals surface area contributed by atoms with Gasteiger partial charge in [-0.1, -0.05) is 0 Å². The standard InChI is InChI=1S/4C2H4O2.U/c4*1-2(3)4;/h4*1H3,(H,3,4);/p-1. The van der Waals surface area contributed by atoms with Gasteiger partial charge in [0.2, 0.25) is 0 Å². The van der Waals surface area contributed by atoms with Crippen molar-refractivity contribution in [2.45, 2.75) is 27.7 Å². The van der Waals surface area contributed by atoms with Crippen LogP contribution in [0.2, 0.25) is 0 Å². The molecule has 8 nitrogen and oxygen atoms in total. The maximum absolute atomic E-state index is 9.00. The molecule has 100 valence electrons. The maximum atomic E-state index is 9.00. The molecule has 0 heterocycles. The fourth-order valence-corrected chi connectivity index (χ4v) is 0. The van der Waals surface area contributed by atoms with Crippen LogP contribution < -0.4 is 5.11 Å². The molecule has 0 aliphatic heterocycles. The molecule has 0 radical (unpaired) electrons. The van der Waals surface area contributed by atoms with Crippen molar-refractivity contribution in [3.8, 4) is 0 Å². The summed E-state index contributed by atoms with van der Waals surface area (Å²) in [7, 11) is 0. The number of carboxylic acids is 4. The molecule has 17 heavy (non-hydrogen) atoms. The number of carboxylic acid groups (broad SMARTS) is 4. The third kappa shape index (κ3) is 2190. The second-order valence-corrected chi connectivity index (χ2v) is 2.05. The number of hydrogen-bond acceptors (Lipinski definition) is 5. The number of carbonyl (C=O) groups is 4. The van der Waals surface area contributed by atoms with Crippen LogP contribution in [0.5, 0.6) is 0 Å². The van der Waals surface area contributed by atoms with E-state index in [-0.39, 0.29) is 31.1 Å². The van der Waals surface area contributed by atoms with Gasteiger partial charge in [0, 0.05) is 57.9 Å². The molecule has 0 aromatic carbocycles. The fourth-order valence-electron chi connectivity index (χ4n) is 0. The zero-order chi connectivity index (χ0) is 14.3. The summed E-state index contributed by atoms with van der Waals surface area (Å²) in [6.45, 7) is 4.22. The zero-order valence-corrected chi connectivity index (χ0v) is 14.0. The third-order valence-corrected chi connectivity index (χ3v) is 0. The van der Waals surface area contributed by atoms with Crippen LogP contribution in [0.1, 0.15) is 27.7 Å². The summed E-state index contributed by atoms with van der Waals surface area (Å²) >= 11 is 0. The first-order valence-electron chi connectivity index (χ1n) is 3.69. The van der Waals surface area contributed by atoms with E-state index in [9.17, 15) is 0 Å². The molecule has 0 spiro atoms. The van der Waals surface area contributed by atoms with Crippen LogP contribution in [0.3, 0.4) is 0 Å². The Morgan fingerprint density at radius 1 is 0.706 bits per heavy atom. The summed E-state index contributed by atoms with van der Waals surface area (Å²) in [4.78, 5) is 35.9. The van der Waals surface area contributed by atoms with Gasteiger partial charge in [-0.3, -0.25) is 14.4 Å². The Bertz CT molecular complexity index is 162. The van der Waals surface area contributed by atoms with E-state index in [1.165, 1.54) is 0 Å². The number of carbonyl (C=O) groups excluding carboxylic acids is 1. The zero-order valence-electron chi connectivity index (χ0n) is 9.88. The molecule has 0 aliphatic carbocycles. The van der Waals surface area contributed by atoms with E-state index in [4.69, 9.17) is 39.6 Å². The van der Waals surface area contributed by atoms with Crippen molar-refractivity contribution in [3.63, 3.8) is 0 Å². The first-order valence-corrected chi connectivity index (χ1v) is 3.69. The summed E-state index contributed by atoms with van der Waals surface area (Å²) < 4.78 is 0. The van der Waals surface area contributed by atoms with Crippen LogP contribution in [0.15, 0.2) is 0 Å². The van der Waals surface area contributed by atoms with E-state index >= 15 is 0 Å². The molecular formula is C8H15O8U-. The quantitative estimate of drug-likeness (QED) is 0.403. The molecule has 9 heteroatoms. The molecule has 3 N–H and O–H groups in total. The Kier molecular flexibility index (Phi) is 42.4. The SMILES string of the molecule is CC(=O)O.CC(=O)O.CC(=O)O.CC(=O)[O-].[U]. The molecule has 0 saturated carbocycles. The van der Waals surface area contributed by atoms with E-state index in [0.29, 0.717) is 0 Å². The molecule has 0 aromatic heterocycles. The Morgan fingerprint density at radius 3 is 0.706 bits per heavy atom. The first-order chi connectivity index (χ1) is 6.93. The Labute approximate surface area is 122 Å². The van der Waals surface area contributed by atoms with E-state index in [0.717, 1.165) is 27.7 Å². The van der Waals surface area contributed by atoms with Gasteiger partial charge in [0.15, 0.2) is 0 Å². The van der Waals surface area contributed by atoms with Crippen LogP contribution >= 0.6 is 0 Å². The molecule has 0 amide bonds. The number of rotatable bonds is 0. The van der Waals surface area contributed by atoms with Gasteiger partial charge >= 0.3 is 0 Å². The van der Waals surface area contributed by atoms with Gasteiger partial charge in [0.05, 0.1) is 0 Å². The van der Waals surface area contributed by atoms with Gasteiger partial charge in [-0.05, 0) is 6.92 Å². The van der Waals surface area contributed by atoms with Crippen molar-refractivity contribution in [1.82, 2.24) is 0 Å². The molecule has 0 bridgehead atoms.